The summed E-state index contributed by atoms with van der Waals surface area (Å²) < 4.78 is 0. The van der Waals surface area contributed by atoms with Crippen molar-refractivity contribution in [2.45, 2.75) is 27.2 Å². The molecule has 1 heterocycles. The molecule has 0 radical (unpaired) electrons. The van der Waals surface area contributed by atoms with E-state index in [1.165, 1.54) is 0 Å². The van der Waals surface area contributed by atoms with Crippen molar-refractivity contribution in [3.8, 4) is 0 Å². The molecule has 1 aliphatic rings. The third kappa shape index (κ3) is 5.02. The number of para-hydroxylation sites is 1. The first-order valence-electron chi connectivity index (χ1n) is 9.90. The van der Waals surface area contributed by atoms with Gasteiger partial charge in [0.05, 0.1) is 17.2 Å². The van der Waals surface area contributed by atoms with E-state index in [4.69, 9.17) is 0 Å². The molecule has 3 rings (SSSR count). The van der Waals surface area contributed by atoms with Gasteiger partial charge in [-0.2, -0.15) is 0 Å². The molecule has 0 aliphatic carbocycles. The van der Waals surface area contributed by atoms with Crippen LogP contribution in [-0.4, -0.2) is 30.8 Å². The topological polar surface area (TPSA) is 78.5 Å². The van der Waals surface area contributed by atoms with Gasteiger partial charge in [-0.3, -0.25) is 14.4 Å². The highest BCUT2D eigenvalue weighted by Crippen LogP contribution is 2.27. The number of amides is 3. The Hall–Kier alpha value is -3.15. The van der Waals surface area contributed by atoms with Gasteiger partial charge in [0.1, 0.15) is 0 Å². The van der Waals surface area contributed by atoms with E-state index in [0.717, 1.165) is 11.3 Å². The number of nitrogens with one attached hydrogen (secondary N) is 2. The van der Waals surface area contributed by atoms with Crippen molar-refractivity contribution in [3.05, 3.63) is 59.7 Å². The summed E-state index contributed by atoms with van der Waals surface area (Å²) in [6, 6.07) is 14.6. The van der Waals surface area contributed by atoms with E-state index in [1.54, 1.807) is 29.2 Å². The number of anilines is 2. The fourth-order valence-electron chi connectivity index (χ4n) is 3.35. The molecular formula is C23H27N3O3. The summed E-state index contributed by atoms with van der Waals surface area (Å²) in [5.74, 6) is -0.678. The number of hydrogen-bond donors (Lipinski definition) is 2. The monoisotopic (exact) mass is 393 g/mol. The summed E-state index contributed by atoms with van der Waals surface area (Å²) in [5.41, 5.74) is 2.74. The standard InChI is InChI=1S/C23H27N3O3/c1-15(2)13-24-23(29)19-9-4-5-10-20(19)25-22(28)17-12-21(27)26(14-17)18-8-6-7-16(3)11-18/h4-11,15,17H,12-14H2,1-3H3,(H,24,29)(H,25,28)/t17-/m0/s1. The second-order valence-electron chi connectivity index (χ2n) is 7.88. The van der Waals surface area contributed by atoms with Crippen LogP contribution in [0.1, 0.15) is 36.2 Å². The molecule has 1 aliphatic heterocycles. The van der Waals surface area contributed by atoms with Gasteiger partial charge in [0, 0.05) is 25.2 Å². The van der Waals surface area contributed by atoms with Gasteiger partial charge in [0.25, 0.3) is 5.91 Å². The third-order valence-corrected chi connectivity index (χ3v) is 4.91. The number of benzene rings is 2. The van der Waals surface area contributed by atoms with E-state index < -0.39 is 5.92 Å². The minimum Gasteiger partial charge on any atom is -0.352 e. The van der Waals surface area contributed by atoms with Gasteiger partial charge in [-0.25, -0.2) is 0 Å². The molecule has 2 N–H and O–H groups in total. The minimum atomic E-state index is -0.463. The van der Waals surface area contributed by atoms with E-state index >= 15 is 0 Å². The van der Waals surface area contributed by atoms with Gasteiger partial charge in [-0.1, -0.05) is 38.1 Å². The molecule has 2 aromatic carbocycles. The zero-order valence-corrected chi connectivity index (χ0v) is 17.1. The third-order valence-electron chi connectivity index (χ3n) is 4.91. The molecule has 1 fully saturated rings. The van der Waals surface area contributed by atoms with E-state index in [1.807, 2.05) is 45.0 Å². The summed E-state index contributed by atoms with van der Waals surface area (Å²) in [6.45, 7) is 6.89. The maximum Gasteiger partial charge on any atom is 0.253 e. The van der Waals surface area contributed by atoms with E-state index in [2.05, 4.69) is 10.6 Å². The number of aryl methyl sites for hydroxylation is 1. The molecule has 6 heteroatoms. The minimum absolute atomic E-state index is 0.0706. The van der Waals surface area contributed by atoms with Crippen molar-refractivity contribution in [1.82, 2.24) is 5.32 Å². The number of hydrogen-bond acceptors (Lipinski definition) is 3. The molecule has 0 bridgehead atoms. The van der Waals surface area contributed by atoms with Gasteiger partial charge in [0.2, 0.25) is 11.8 Å². The molecule has 0 unspecified atom stereocenters. The Bertz CT molecular complexity index is 923. The zero-order chi connectivity index (χ0) is 21.0. The first kappa shape index (κ1) is 20.6. The lowest BCUT2D eigenvalue weighted by molar-refractivity contribution is -0.122. The molecule has 152 valence electrons. The van der Waals surface area contributed by atoms with Crippen LogP contribution in [-0.2, 0) is 9.59 Å². The van der Waals surface area contributed by atoms with Gasteiger partial charge in [-0.15, -0.1) is 0 Å². The Balaban J connectivity index is 1.70. The summed E-state index contributed by atoms with van der Waals surface area (Å²) in [4.78, 5) is 39.4. The Morgan fingerprint density at radius 2 is 1.90 bits per heavy atom. The number of nitrogens with zero attached hydrogens (tertiary/aromatic N) is 1. The summed E-state index contributed by atoms with van der Waals surface area (Å²) >= 11 is 0. The van der Waals surface area contributed by atoms with Crippen LogP contribution in [0.5, 0.6) is 0 Å². The van der Waals surface area contributed by atoms with Crippen molar-refractivity contribution in [2.24, 2.45) is 11.8 Å². The Kier molecular flexibility index (Phi) is 6.32. The Morgan fingerprint density at radius 1 is 1.14 bits per heavy atom. The van der Waals surface area contributed by atoms with Crippen molar-refractivity contribution in [2.75, 3.05) is 23.3 Å². The average Bonchev–Trinajstić information content (AvgIpc) is 3.08. The lowest BCUT2D eigenvalue weighted by atomic mass is 10.1. The first-order valence-corrected chi connectivity index (χ1v) is 9.90. The average molecular weight is 393 g/mol. The molecular weight excluding hydrogens is 366 g/mol. The van der Waals surface area contributed by atoms with Gasteiger partial charge in [0.15, 0.2) is 0 Å². The summed E-state index contributed by atoms with van der Waals surface area (Å²) in [6.07, 6.45) is 0.154. The van der Waals surface area contributed by atoms with Gasteiger partial charge < -0.3 is 15.5 Å². The SMILES string of the molecule is Cc1cccc(N2C[C@@H](C(=O)Nc3ccccc3C(=O)NCC(C)C)CC2=O)c1. The predicted molar refractivity (Wildman–Crippen MR) is 114 cm³/mol. The van der Waals surface area contributed by atoms with E-state index in [0.29, 0.717) is 30.3 Å². The van der Waals surface area contributed by atoms with Crippen LogP contribution in [0.3, 0.4) is 0 Å². The van der Waals surface area contributed by atoms with E-state index in [-0.39, 0.29) is 24.1 Å². The Morgan fingerprint density at radius 3 is 2.62 bits per heavy atom. The van der Waals surface area contributed by atoms with Crippen molar-refractivity contribution in [1.29, 1.82) is 0 Å². The molecule has 1 atom stereocenters. The molecule has 0 spiro atoms. The normalized spacial score (nSPS) is 16.2. The van der Waals surface area contributed by atoms with Crippen LogP contribution in [0.2, 0.25) is 0 Å². The second-order valence-corrected chi connectivity index (χ2v) is 7.88. The number of carbonyl (C=O) groups excluding carboxylic acids is 3. The van der Waals surface area contributed by atoms with Crippen molar-refractivity contribution < 1.29 is 14.4 Å². The van der Waals surface area contributed by atoms with Crippen LogP contribution in [0.15, 0.2) is 48.5 Å². The molecule has 2 aromatic rings. The molecule has 0 saturated carbocycles. The summed E-state index contributed by atoms with van der Waals surface area (Å²) in [5, 5.41) is 5.72. The quantitative estimate of drug-likeness (QED) is 0.790. The fourth-order valence-corrected chi connectivity index (χ4v) is 3.35. The van der Waals surface area contributed by atoms with Crippen LogP contribution in [0, 0.1) is 18.8 Å². The highest BCUT2D eigenvalue weighted by atomic mass is 16.2. The fraction of sp³-hybridized carbons (Fsp3) is 0.348. The van der Waals surface area contributed by atoms with E-state index in [9.17, 15) is 14.4 Å². The van der Waals surface area contributed by atoms with Crippen LogP contribution in [0.4, 0.5) is 11.4 Å². The highest BCUT2D eigenvalue weighted by molar-refractivity contribution is 6.07. The van der Waals surface area contributed by atoms with Crippen LogP contribution >= 0.6 is 0 Å². The molecule has 6 nitrogen and oxygen atoms in total. The predicted octanol–water partition coefficient (Wildman–Crippen LogP) is 3.37. The van der Waals surface area contributed by atoms with Gasteiger partial charge in [-0.05, 0) is 42.7 Å². The number of carbonyl (C=O) groups is 3. The van der Waals surface area contributed by atoms with Gasteiger partial charge >= 0.3 is 0 Å². The molecule has 0 aromatic heterocycles. The van der Waals surface area contributed by atoms with Crippen molar-refractivity contribution >= 4 is 29.1 Å². The lowest BCUT2D eigenvalue weighted by Gasteiger charge is -2.18. The van der Waals surface area contributed by atoms with Crippen LogP contribution in [0.25, 0.3) is 0 Å². The molecule has 29 heavy (non-hydrogen) atoms. The zero-order valence-electron chi connectivity index (χ0n) is 17.1. The second kappa shape index (κ2) is 8.90. The summed E-state index contributed by atoms with van der Waals surface area (Å²) in [7, 11) is 0. The van der Waals surface area contributed by atoms with Crippen molar-refractivity contribution in [3.63, 3.8) is 0 Å². The maximum atomic E-state index is 12.8. The smallest absolute Gasteiger partial charge is 0.253 e. The maximum absolute atomic E-state index is 12.8. The molecule has 1 saturated heterocycles. The number of rotatable bonds is 6. The van der Waals surface area contributed by atoms with Crippen LogP contribution < -0.4 is 15.5 Å². The largest absolute Gasteiger partial charge is 0.352 e. The highest BCUT2D eigenvalue weighted by Gasteiger charge is 2.35. The Labute approximate surface area is 171 Å². The lowest BCUT2D eigenvalue weighted by Crippen LogP contribution is -2.30. The molecule has 3 amide bonds. The first-order chi connectivity index (χ1) is 13.8.